The van der Waals surface area contributed by atoms with E-state index in [0.717, 1.165) is 0 Å². The monoisotopic (exact) mass is 258 g/mol. The standard InChI is InChI=1S/C14H10.BrH/c1-2-6-12-10-14-8-4-3-7-13(14)9-11(12)5-1;/h1-10H;1H. The second-order valence-electron chi connectivity index (χ2n) is 3.55. The molecule has 3 aromatic rings. The van der Waals surface area contributed by atoms with Gasteiger partial charge in [0.25, 0.3) is 0 Å². The Labute approximate surface area is 99.3 Å². The molecule has 0 aromatic heterocycles. The molecular formula is C14H11Br. The van der Waals surface area contributed by atoms with E-state index in [0.29, 0.717) is 0 Å². The molecule has 15 heavy (non-hydrogen) atoms. The number of hydrogen-bond acceptors (Lipinski definition) is 0. The minimum Gasteiger partial charge on any atom is -0.114 e. The Hall–Kier alpha value is -1.34. The normalized spacial score (nSPS) is 10.1. The third-order valence-corrected chi connectivity index (χ3v) is 2.61. The second kappa shape index (κ2) is 4.03. The highest BCUT2D eigenvalue weighted by Gasteiger charge is 1.95. The highest BCUT2D eigenvalue weighted by atomic mass is 79.9. The topological polar surface area (TPSA) is 0 Å². The van der Waals surface area contributed by atoms with Gasteiger partial charge in [-0.2, -0.15) is 0 Å². The van der Waals surface area contributed by atoms with Crippen molar-refractivity contribution in [3.05, 3.63) is 60.7 Å². The van der Waals surface area contributed by atoms with Crippen LogP contribution in [0.4, 0.5) is 0 Å². The van der Waals surface area contributed by atoms with Crippen molar-refractivity contribution in [1.29, 1.82) is 0 Å². The average molecular weight is 259 g/mol. The van der Waals surface area contributed by atoms with Gasteiger partial charge in [0.05, 0.1) is 0 Å². The molecule has 3 rings (SSSR count). The molecule has 1 heteroatoms. The first kappa shape index (κ1) is 10.2. The number of hydrogen-bond donors (Lipinski definition) is 0. The third-order valence-electron chi connectivity index (χ3n) is 2.61. The largest absolute Gasteiger partial charge is 0.114 e. The zero-order chi connectivity index (χ0) is 9.38. The fraction of sp³-hybridized carbons (Fsp3) is 0. The number of fused-ring (bicyclic) bond motifs is 2. The summed E-state index contributed by atoms with van der Waals surface area (Å²) in [5, 5.41) is 5.25. The van der Waals surface area contributed by atoms with E-state index in [1.165, 1.54) is 21.5 Å². The minimum atomic E-state index is 0. The molecule has 0 aliphatic rings. The summed E-state index contributed by atoms with van der Waals surface area (Å²) in [5.41, 5.74) is 0. The number of halogens is 1. The maximum atomic E-state index is 2.24. The lowest BCUT2D eigenvalue weighted by Gasteiger charge is -2.00. The summed E-state index contributed by atoms with van der Waals surface area (Å²) < 4.78 is 0. The van der Waals surface area contributed by atoms with Gasteiger partial charge in [-0.25, -0.2) is 0 Å². The Morgan fingerprint density at radius 2 is 0.733 bits per heavy atom. The molecule has 0 unspecified atom stereocenters. The minimum absolute atomic E-state index is 0. The summed E-state index contributed by atoms with van der Waals surface area (Å²) in [6.45, 7) is 0. The van der Waals surface area contributed by atoms with Gasteiger partial charge in [-0.15, -0.1) is 17.0 Å². The smallest absolute Gasteiger partial charge is 0.0178 e. The van der Waals surface area contributed by atoms with Crippen molar-refractivity contribution < 1.29 is 0 Å². The summed E-state index contributed by atoms with van der Waals surface area (Å²) in [5.74, 6) is 0. The molecule has 0 aliphatic carbocycles. The molecule has 0 bridgehead atoms. The lowest BCUT2D eigenvalue weighted by Crippen LogP contribution is -1.74. The molecule has 0 atom stereocenters. The van der Waals surface area contributed by atoms with Crippen LogP contribution in [0.15, 0.2) is 60.7 Å². The van der Waals surface area contributed by atoms with Gasteiger partial charge in [-0.3, -0.25) is 0 Å². The van der Waals surface area contributed by atoms with Crippen LogP contribution in [0.3, 0.4) is 0 Å². The van der Waals surface area contributed by atoms with Gasteiger partial charge in [-0.1, -0.05) is 48.5 Å². The van der Waals surface area contributed by atoms with Crippen LogP contribution in [0.5, 0.6) is 0 Å². The Bertz CT molecular complexity index is 494. The van der Waals surface area contributed by atoms with E-state index < -0.39 is 0 Å². The Morgan fingerprint density at radius 3 is 1.00 bits per heavy atom. The zero-order valence-corrected chi connectivity index (χ0v) is 9.89. The van der Waals surface area contributed by atoms with Gasteiger partial charge >= 0.3 is 0 Å². The van der Waals surface area contributed by atoms with Crippen LogP contribution in [0.1, 0.15) is 0 Å². The summed E-state index contributed by atoms with van der Waals surface area (Å²) >= 11 is 0. The van der Waals surface area contributed by atoms with Crippen LogP contribution >= 0.6 is 17.0 Å². The molecule has 0 saturated carbocycles. The van der Waals surface area contributed by atoms with E-state index in [9.17, 15) is 0 Å². The van der Waals surface area contributed by atoms with Gasteiger partial charge in [-0.05, 0) is 33.7 Å². The van der Waals surface area contributed by atoms with Crippen molar-refractivity contribution in [2.75, 3.05) is 0 Å². The van der Waals surface area contributed by atoms with Crippen LogP contribution in [-0.2, 0) is 0 Å². The lowest BCUT2D eigenvalue weighted by atomic mass is 10.0. The molecule has 3 aromatic carbocycles. The highest BCUT2D eigenvalue weighted by molar-refractivity contribution is 8.93. The molecule has 0 nitrogen and oxygen atoms in total. The van der Waals surface area contributed by atoms with Gasteiger partial charge in [0.1, 0.15) is 0 Å². The van der Waals surface area contributed by atoms with Crippen molar-refractivity contribution in [2.45, 2.75) is 0 Å². The fourth-order valence-electron chi connectivity index (χ4n) is 1.88. The molecule has 74 valence electrons. The summed E-state index contributed by atoms with van der Waals surface area (Å²) in [4.78, 5) is 0. The highest BCUT2D eigenvalue weighted by Crippen LogP contribution is 2.21. The Kier molecular flexibility index (Phi) is 2.74. The second-order valence-corrected chi connectivity index (χ2v) is 3.55. The maximum absolute atomic E-state index is 2.24. The van der Waals surface area contributed by atoms with Crippen molar-refractivity contribution in [1.82, 2.24) is 0 Å². The SMILES string of the molecule is Br.c1ccc2cc3ccccc3cc2c1. The van der Waals surface area contributed by atoms with Crippen LogP contribution in [-0.4, -0.2) is 0 Å². The number of rotatable bonds is 0. The number of benzene rings is 3. The first-order valence-corrected chi connectivity index (χ1v) is 4.81. The van der Waals surface area contributed by atoms with Crippen molar-refractivity contribution in [2.24, 2.45) is 0 Å². The third kappa shape index (κ3) is 1.75. The average Bonchev–Trinajstić information content (AvgIpc) is 2.26. The summed E-state index contributed by atoms with van der Waals surface area (Å²) in [6.07, 6.45) is 0. The van der Waals surface area contributed by atoms with E-state index in [4.69, 9.17) is 0 Å². The molecule has 0 aliphatic heterocycles. The van der Waals surface area contributed by atoms with Crippen molar-refractivity contribution >= 4 is 38.5 Å². The predicted octanol–water partition coefficient (Wildman–Crippen LogP) is 4.57. The van der Waals surface area contributed by atoms with Gasteiger partial charge in [0.2, 0.25) is 0 Å². The molecular weight excluding hydrogens is 248 g/mol. The molecule has 0 N–H and O–H groups in total. The summed E-state index contributed by atoms with van der Waals surface area (Å²) in [7, 11) is 0. The first-order chi connectivity index (χ1) is 6.93. The molecule has 0 heterocycles. The van der Waals surface area contributed by atoms with Crippen molar-refractivity contribution in [3.8, 4) is 0 Å². The molecule has 0 saturated heterocycles. The van der Waals surface area contributed by atoms with Crippen LogP contribution in [0.25, 0.3) is 21.5 Å². The van der Waals surface area contributed by atoms with Gasteiger partial charge < -0.3 is 0 Å². The Morgan fingerprint density at radius 1 is 0.467 bits per heavy atom. The van der Waals surface area contributed by atoms with E-state index in [-0.39, 0.29) is 17.0 Å². The summed E-state index contributed by atoms with van der Waals surface area (Å²) in [6, 6.07) is 21.4. The van der Waals surface area contributed by atoms with Crippen LogP contribution < -0.4 is 0 Å². The van der Waals surface area contributed by atoms with E-state index in [2.05, 4.69) is 60.7 Å². The molecule has 0 fully saturated rings. The molecule has 0 amide bonds. The zero-order valence-electron chi connectivity index (χ0n) is 8.18. The molecule has 0 radical (unpaired) electrons. The molecule has 0 spiro atoms. The van der Waals surface area contributed by atoms with E-state index in [1.807, 2.05) is 0 Å². The van der Waals surface area contributed by atoms with Crippen molar-refractivity contribution in [3.63, 3.8) is 0 Å². The fourth-order valence-corrected chi connectivity index (χ4v) is 1.88. The lowest BCUT2D eigenvalue weighted by molar-refractivity contribution is 1.76. The van der Waals surface area contributed by atoms with Crippen LogP contribution in [0, 0.1) is 0 Å². The maximum Gasteiger partial charge on any atom is -0.0178 e. The van der Waals surface area contributed by atoms with Gasteiger partial charge in [0.15, 0.2) is 0 Å². The van der Waals surface area contributed by atoms with Crippen LogP contribution in [0.2, 0.25) is 0 Å². The first-order valence-electron chi connectivity index (χ1n) is 4.81. The Balaban J connectivity index is 0.000000853. The predicted molar refractivity (Wildman–Crippen MR) is 71.8 cm³/mol. The van der Waals surface area contributed by atoms with E-state index >= 15 is 0 Å². The quantitative estimate of drug-likeness (QED) is 0.519. The van der Waals surface area contributed by atoms with Gasteiger partial charge in [0, 0.05) is 0 Å². The van der Waals surface area contributed by atoms with E-state index in [1.54, 1.807) is 0 Å².